The molecule has 0 aliphatic rings. The summed E-state index contributed by atoms with van der Waals surface area (Å²) in [5, 5.41) is 32.0. The van der Waals surface area contributed by atoms with Gasteiger partial charge in [-0.1, -0.05) is 10.3 Å². The number of hydrogen-bond acceptors (Lipinski definition) is 12. The fraction of sp³-hybridized carbons (Fsp3) is 0.150. The lowest BCUT2D eigenvalue weighted by Crippen LogP contribution is -2.34. The minimum atomic E-state index is -5.62. The van der Waals surface area contributed by atoms with Crippen LogP contribution in [0.1, 0.15) is 32.3 Å². The van der Waals surface area contributed by atoms with Gasteiger partial charge in [-0.3, -0.25) is 9.97 Å². The quantitative estimate of drug-likeness (QED) is 0.0642. The molecule has 15 nitrogen and oxygen atoms in total. The van der Waals surface area contributed by atoms with Crippen molar-refractivity contribution in [2.75, 3.05) is 0 Å². The van der Waals surface area contributed by atoms with Crippen LogP contribution in [-0.2, 0) is 14.3 Å². The van der Waals surface area contributed by atoms with Gasteiger partial charge in [0.25, 0.3) is 0 Å². The van der Waals surface area contributed by atoms with Crippen molar-refractivity contribution in [3.05, 3.63) is 59.4 Å². The monoisotopic (exact) mass is 596 g/mol. The lowest BCUT2D eigenvalue weighted by Gasteiger charge is -2.06. The molecule has 0 atom stereocenters. The maximum atomic E-state index is 11.2. The zero-order valence-electron chi connectivity index (χ0n) is 19.8. The van der Waals surface area contributed by atoms with Crippen LogP contribution in [0.2, 0.25) is 0 Å². The Kier molecular flexibility index (Phi) is 11.4. The Labute approximate surface area is 221 Å². The van der Waals surface area contributed by atoms with E-state index in [1.165, 1.54) is 36.7 Å². The van der Waals surface area contributed by atoms with E-state index in [4.69, 9.17) is 25.7 Å². The number of esters is 2. The molecule has 5 N–H and O–H groups in total. The highest BCUT2D eigenvalue weighted by molar-refractivity contribution is 5.97. The molecule has 0 amide bonds. The molecule has 220 valence electrons. The second-order valence-electron chi connectivity index (χ2n) is 6.76. The number of ether oxygens (including phenoxy) is 1. The van der Waals surface area contributed by atoms with E-state index in [-0.39, 0.29) is 28.5 Å². The van der Waals surface area contributed by atoms with Crippen LogP contribution in [0.3, 0.4) is 0 Å². The summed E-state index contributed by atoms with van der Waals surface area (Å²) in [7, 11) is 0. The van der Waals surface area contributed by atoms with Crippen molar-refractivity contribution in [1.29, 1.82) is 0 Å². The Balaban J connectivity index is 0.000000309. The molecule has 0 aliphatic heterocycles. The predicted octanol–water partition coefficient (Wildman–Crippen LogP) is 2.19. The molecule has 0 bridgehead atoms. The SMILES string of the molecule is Cc1nc(-c2cc(C(=O)O)ccn2)no1.N/C(=N\O)c1cc(C(=O)O)ccn1.O=C(OC(=O)C(F)(F)F)C(F)(F)F. The molecule has 3 rings (SSSR count). The topological polar surface area (TPSA) is 241 Å². The number of pyridine rings is 2. The minimum Gasteiger partial charge on any atom is -0.478 e. The lowest BCUT2D eigenvalue weighted by atomic mass is 10.2. The molecule has 3 heterocycles. The fourth-order valence-corrected chi connectivity index (χ4v) is 2.04. The fourth-order valence-electron chi connectivity index (χ4n) is 2.04. The zero-order valence-corrected chi connectivity index (χ0v) is 19.8. The van der Waals surface area contributed by atoms with Crippen LogP contribution < -0.4 is 5.73 Å². The van der Waals surface area contributed by atoms with E-state index in [9.17, 15) is 45.5 Å². The van der Waals surface area contributed by atoms with Crippen molar-refractivity contribution in [3.8, 4) is 11.5 Å². The first-order valence-corrected chi connectivity index (χ1v) is 9.94. The number of oxime groups is 1. The molecule has 0 radical (unpaired) electrons. The van der Waals surface area contributed by atoms with E-state index in [1.807, 2.05) is 0 Å². The molecule has 0 fully saturated rings. The number of nitrogens with zero attached hydrogens (tertiary/aromatic N) is 5. The number of carbonyl (C=O) groups is 4. The predicted molar refractivity (Wildman–Crippen MR) is 116 cm³/mol. The third-order valence-electron chi connectivity index (χ3n) is 3.79. The average molecular weight is 596 g/mol. The Bertz CT molecular complexity index is 1420. The van der Waals surface area contributed by atoms with Crippen molar-refractivity contribution in [2.45, 2.75) is 19.3 Å². The van der Waals surface area contributed by atoms with Crippen LogP contribution in [0.5, 0.6) is 0 Å². The molecule has 41 heavy (non-hydrogen) atoms. The number of hydrogen-bond donors (Lipinski definition) is 4. The van der Waals surface area contributed by atoms with E-state index in [0.29, 0.717) is 11.6 Å². The van der Waals surface area contributed by atoms with Gasteiger partial charge in [0.15, 0.2) is 5.84 Å². The number of carboxylic acids is 2. The van der Waals surface area contributed by atoms with Gasteiger partial charge in [-0.05, 0) is 24.3 Å². The smallest absolute Gasteiger partial charge is 0.478 e. The molecule has 0 aromatic carbocycles. The highest BCUT2D eigenvalue weighted by Crippen LogP contribution is 2.21. The van der Waals surface area contributed by atoms with Crippen LogP contribution in [0, 0.1) is 6.92 Å². The summed E-state index contributed by atoms with van der Waals surface area (Å²) in [5.74, 6) is -8.02. The summed E-state index contributed by atoms with van der Waals surface area (Å²) in [4.78, 5) is 52.1. The summed E-state index contributed by atoms with van der Waals surface area (Å²) < 4.78 is 74.4. The maximum Gasteiger partial charge on any atom is 0.491 e. The van der Waals surface area contributed by atoms with Crippen LogP contribution in [0.25, 0.3) is 11.5 Å². The average Bonchev–Trinajstić information content (AvgIpc) is 3.34. The zero-order chi connectivity index (χ0) is 31.5. The number of nitrogens with two attached hydrogens (primary N) is 1. The number of aromatic nitrogens is 4. The first kappa shape index (κ1) is 33.4. The van der Waals surface area contributed by atoms with Crippen LogP contribution in [0.15, 0.2) is 46.3 Å². The van der Waals surface area contributed by atoms with E-state index in [2.05, 4.69) is 30.0 Å². The van der Waals surface area contributed by atoms with Gasteiger partial charge in [-0.2, -0.15) is 31.3 Å². The first-order valence-electron chi connectivity index (χ1n) is 9.94. The van der Waals surface area contributed by atoms with Crippen LogP contribution in [0.4, 0.5) is 26.3 Å². The molecule has 0 aliphatic carbocycles. The van der Waals surface area contributed by atoms with Gasteiger partial charge >= 0.3 is 36.2 Å². The van der Waals surface area contributed by atoms with E-state index in [0.717, 1.165) is 0 Å². The number of halogens is 6. The van der Waals surface area contributed by atoms with Crippen LogP contribution >= 0.6 is 0 Å². The third kappa shape index (κ3) is 10.9. The Morgan fingerprint density at radius 1 is 0.902 bits per heavy atom. The van der Waals surface area contributed by atoms with Crippen molar-refractivity contribution in [2.24, 2.45) is 10.9 Å². The van der Waals surface area contributed by atoms with Crippen molar-refractivity contribution < 1.29 is 70.2 Å². The van der Waals surface area contributed by atoms with Crippen molar-refractivity contribution >= 4 is 29.7 Å². The highest BCUT2D eigenvalue weighted by Gasteiger charge is 2.49. The van der Waals surface area contributed by atoms with Gasteiger partial charge in [0.2, 0.25) is 11.7 Å². The molecule has 21 heteroatoms. The molecular weight excluding hydrogens is 582 g/mol. The van der Waals surface area contributed by atoms with Gasteiger partial charge in [-0.15, -0.1) is 0 Å². The molecule has 0 saturated heterocycles. The summed E-state index contributed by atoms with van der Waals surface area (Å²) in [6.45, 7) is 1.65. The highest BCUT2D eigenvalue weighted by atomic mass is 19.4. The number of alkyl halides is 6. The molecule has 3 aromatic rings. The summed E-state index contributed by atoms with van der Waals surface area (Å²) >= 11 is 0. The molecular formula is C20H14F6N6O9. The summed E-state index contributed by atoms with van der Waals surface area (Å²) in [6.07, 6.45) is -8.58. The van der Waals surface area contributed by atoms with Gasteiger partial charge < -0.3 is 30.4 Å². The largest absolute Gasteiger partial charge is 0.491 e. The van der Waals surface area contributed by atoms with Gasteiger partial charge in [0.05, 0.1) is 11.1 Å². The number of rotatable bonds is 4. The van der Waals surface area contributed by atoms with Crippen molar-refractivity contribution in [3.63, 3.8) is 0 Å². The lowest BCUT2D eigenvalue weighted by molar-refractivity contribution is -0.221. The summed E-state index contributed by atoms with van der Waals surface area (Å²) in [5.41, 5.74) is 5.90. The third-order valence-corrected chi connectivity index (χ3v) is 3.79. The number of carbonyl (C=O) groups excluding carboxylic acids is 2. The number of amidine groups is 1. The first-order chi connectivity index (χ1) is 18.9. The van der Waals surface area contributed by atoms with Crippen molar-refractivity contribution in [1.82, 2.24) is 20.1 Å². The molecule has 0 saturated carbocycles. The second-order valence-corrected chi connectivity index (χ2v) is 6.76. The summed E-state index contributed by atoms with van der Waals surface area (Å²) in [6, 6.07) is 5.33. The molecule has 0 unspecified atom stereocenters. The van der Waals surface area contributed by atoms with E-state index < -0.39 is 36.2 Å². The minimum absolute atomic E-state index is 0.0385. The molecule has 0 spiro atoms. The van der Waals surface area contributed by atoms with E-state index >= 15 is 0 Å². The normalized spacial score (nSPS) is 11.2. The maximum absolute atomic E-state index is 11.2. The number of carboxylic acid groups (broad SMARTS) is 2. The number of aryl methyl sites for hydroxylation is 1. The van der Waals surface area contributed by atoms with Gasteiger partial charge in [0, 0.05) is 19.3 Å². The van der Waals surface area contributed by atoms with Crippen LogP contribution in [-0.4, -0.2) is 77.6 Å². The second kappa shape index (κ2) is 14.0. The van der Waals surface area contributed by atoms with Gasteiger partial charge in [0.1, 0.15) is 11.4 Å². The Morgan fingerprint density at radius 2 is 1.39 bits per heavy atom. The van der Waals surface area contributed by atoms with E-state index in [1.54, 1.807) is 6.92 Å². The number of aromatic carboxylic acids is 2. The molecule has 3 aromatic heterocycles. The Morgan fingerprint density at radius 3 is 1.80 bits per heavy atom. The van der Waals surface area contributed by atoms with Gasteiger partial charge in [-0.25, -0.2) is 19.2 Å². The Hall–Kier alpha value is -5.63. The standard InChI is InChI=1S/C9H7N3O3.C7H7N3O3.C4F6O3/c1-5-11-8(12-15-5)7-4-6(9(13)14)2-3-10-7;8-6(10-13)5-3-4(7(11)12)1-2-9-5;5-3(6,7)1(11)13-2(12)4(8,9)10/h2-4H,1H3,(H,13,14);1-3,13H,(H2,8,10)(H,11,12);.